The number of carbonyl (C=O) groups is 2. The van der Waals surface area contributed by atoms with Crippen LogP contribution in [0.5, 0.6) is 0 Å². The fourth-order valence-electron chi connectivity index (χ4n) is 5.92. The van der Waals surface area contributed by atoms with E-state index in [-0.39, 0.29) is 53.4 Å². The Morgan fingerprint density at radius 3 is 2.53 bits per heavy atom. The minimum absolute atomic E-state index is 0.0543. The molecular weight excluding hydrogens is 474 g/mol. The summed E-state index contributed by atoms with van der Waals surface area (Å²) >= 11 is 6.43. The Kier molecular flexibility index (Phi) is 5.03. The number of hydrogen-bond donors (Lipinski definition) is 0. The molecule has 1 saturated heterocycles. The summed E-state index contributed by atoms with van der Waals surface area (Å²) in [7, 11) is 0. The summed E-state index contributed by atoms with van der Waals surface area (Å²) in [5.74, 6) is -0.764. The Morgan fingerprint density at radius 1 is 1.12 bits per heavy atom. The summed E-state index contributed by atoms with van der Waals surface area (Å²) in [4.78, 5) is 27.7. The lowest BCUT2D eigenvalue weighted by Gasteiger charge is -2.30. The summed E-state index contributed by atoms with van der Waals surface area (Å²) in [6, 6.07) is 2.24. The zero-order valence-electron chi connectivity index (χ0n) is 18.3. The molecule has 0 bridgehead atoms. The molecule has 5 unspecified atom stereocenters. The largest absolute Gasteiger partial charge is 0.433 e. The van der Waals surface area contributed by atoms with Gasteiger partial charge in [-0.3, -0.25) is 9.59 Å². The van der Waals surface area contributed by atoms with Crippen LogP contribution in [0.25, 0.3) is 5.52 Å². The maximum atomic E-state index is 14.7. The van der Waals surface area contributed by atoms with Crippen LogP contribution in [-0.4, -0.2) is 45.0 Å². The van der Waals surface area contributed by atoms with Gasteiger partial charge in [0.1, 0.15) is 17.6 Å². The van der Waals surface area contributed by atoms with Crippen LogP contribution in [0, 0.1) is 17.8 Å². The van der Waals surface area contributed by atoms with Crippen LogP contribution in [0.4, 0.5) is 17.6 Å². The number of aromatic nitrogens is 2. The SMILES string of the molecule is O=C(c1nn2c(C(F)(F)F)cc(C3CC3)cc2c1Cl)C1CCC(=O)N(C2CC3CC3C2F)CC1. The molecule has 0 spiro atoms. The number of halogens is 5. The summed E-state index contributed by atoms with van der Waals surface area (Å²) in [6.07, 6.45) is -1.83. The van der Waals surface area contributed by atoms with Gasteiger partial charge in [0.05, 0.1) is 16.6 Å². The minimum atomic E-state index is -4.65. The highest BCUT2D eigenvalue weighted by Crippen LogP contribution is 2.55. The number of hydrogen-bond acceptors (Lipinski definition) is 3. The Bertz CT molecular complexity index is 1190. The topological polar surface area (TPSA) is 54.7 Å². The van der Waals surface area contributed by atoms with Crippen LogP contribution < -0.4 is 0 Å². The predicted molar refractivity (Wildman–Crippen MR) is 115 cm³/mol. The summed E-state index contributed by atoms with van der Waals surface area (Å²) < 4.78 is 56.7. The molecule has 4 fully saturated rings. The third kappa shape index (κ3) is 3.62. The molecule has 10 heteroatoms. The Balaban J connectivity index is 1.28. The molecular formula is C24H24ClF4N3O2. The van der Waals surface area contributed by atoms with E-state index < -0.39 is 35.8 Å². The van der Waals surface area contributed by atoms with Crippen molar-refractivity contribution in [1.29, 1.82) is 0 Å². The lowest BCUT2D eigenvalue weighted by atomic mass is 9.93. The molecule has 3 aliphatic carbocycles. The second-order valence-electron chi connectivity index (χ2n) is 10.3. The van der Waals surface area contributed by atoms with Gasteiger partial charge in [0.2, 0.25) is 5.91 Å². The van der Waals surface area contributed by atoms with E-state index in [0.717, 1.165) is 25.3 Å². The molecule has 5 nitrogen and oxygen atoms in total. The van der Waals surface area contributed by atoms with E-state index in [1.165, 1.54) is 0 Å². The van der Waals surface area contributed by atoms with Crippen LogP contribution in [0.15, 0.2) is 12.1 Å². The number of amides is 1. The Labute approximate surface area is 198 Å². The van der Waals surface area contributed by atoms with E-state index >= 15 is 0 Å². The van der Waals surface area contributed by atoms with E-state index in [0.29, 0.717) is 28.8 Å². The van der Waals surface area contributed by atoms with E-state index in [9.17, 15) is 27.2 Å². The van der Waals surface area contributed by atoms with E-state index in [1.807, 2.05) is 0 Å². The quantitative estimate of drug-likeness (QED) is 0.417. The van der Waals surface area contributed by atoms with Crippen molar-refractivity contribution in [3.05, 3.63) is 34.1 Å². The molecule has 0 radical (unpaired) electrons. The second kappa shape index (κ2) is 7.67. The number of alkyl halides is 4. The first-order valence-corrected chi connectivity index (χ1v) is 12.3. The fourth-order valence-corrected chi connectivity index (χ4v) is 6.18. The van der Waals surface area contributed by atoms with E-state index in [4.69, 9.17) is 11.6 Å². The highest BCUT2D eigenvalue weighted by atomic mass is 35.5. The smallest absolute Gasteiger partial charge is 0.337 e. The van der Waals surface area contributed by atoms with Gasteiger partial charge >= 0.3 is 6.18 Å². The standard InChI is InChI=1S/C24H24ClF4N3O2/c25-20-16-8-13(11-1-2-11)10-18(24(27,28)29)32(16)30-22(20)23(34)12-3-4-19(33)31(6-5-12)17-9-14-7-15(14)21(17)26/h8,10-12,14-15,17,21H,1-7,9H2. The second-order valence-corrected chi connectivity index (χ2v) is 10.7. The van der Waals surface area contributed by atoms with Crippen molar-refractivity contribution < 1.29 is 27.2 Å². The zero-order valence-corrected chi connectivity index (χ0v) is 19.1. The van der Waals surface area contributed by atoms with Gasteiger partial charge in [0.25, 0.3) is 0 Å². The van der Waals surface area contributed by atoms with Gasteiger partial charge in [0.15, 0.2) is 5.78 Å². The van der Waals surface area contributed by atoms with E-state index in [2.05, 4.69) is 5.10 Å². The first-order valence-electron chi connectivity index (χ1n) is 11.9. The number of Topliss-reactive ketones (excluding diaryl/α,β-unsaturated/α-hetero) is 1. The third-order valence-electron chi connectivity index (χ3n) is 8.08. The van der Waals surface area contributed by atoms with Crippen LogP contribution in [0.1, 0.15) is 72.6 Å². The molecule has 182 valence electrons. The lowest BCUT2D eigenvalue weighted by molar-refractivity contribution is -0.142. The number of pyridine rings is 1. The van der Waals surface area contributed by atoms with Crippen molar-refractivity contribution >= 4 is 28.8 Å². The van der Waals surface area contributed by atoms with Gasteiger partial charge in [-0.05, 0) is 74.0 Å². The highest BCUT2D eigenvalue weighted by molar-refractivity contribution is 6.37. The monoisotopic (exact) mass is 497 g/mol. The maximum absolute atomic E-state index is 14.7. The summed E-state index contributed by atoms with van der Waals surface area (Å²) in [6.45, 7) is 0.254. The number of fused-ring (bicyclic) bond motifs is 2. The average molecular weight is 498 g/mol. The molecule has 4 aliphatic rings. The Morgan fingerprint density at radius 2 is 1.88 bits per heavy atom. The molecule has 6 rings (SSSR count). The first kappa shape index (κ1) is 22.3. The molecule has 0 aromatic carbocycles. The number of nitrogens with zero attached hydrogens (tertiary/aromatic N) is 3. The molecule has 3 saturated carbocycles. The molecule has 2 aromatic heterocycles. The van der Waals surface area contributed by atoms with Crippen LogP contribution in [-0.2, 0) is 11.0 Å². The number of carbonyl (C=O) groups excluding carboxylic acids is 2. The molecule has 1 aliphatic heterocycles. The predicted octanol–water partition coefficient (Wildman–Crippen LogP) is 5.44. The van der Waals surface area contributed by atoms with Gasteiger partial charge in [-0.15, -0.1) is 0 Å². The summed E-state index contributed by atoms with van der Waals surface area (Å²) in [5.41, 5.74) is -0.536. The molecule has 3 heterocycles. The highest BCUT2D eigenvalue weighted by Gasteiger charge is 2.56. The molecule has 1 amide bonds. The van der Waals surface area contributed by atoms with Gasteiger partial charge < -0.3 is 4.90 Å². The third-order valence-corrected chi connectivity index (χ3v) is 8.46. The van der Waals surface area contributed by atoms with Crippen molar-refractivity contribution in [2.24, 2.45) is 17.8 Å². The van der Waals surface area contributed by atoms with Crippen molar-refractivity contribution in [3.63, 3.8) is 0 Å². The molecule has 0 N–H and O–H groups in total. The molecule has 34 heavy (non-hydrogen) atoms. The first-order chi connectivity index (χ1) is 16.1. The number of rotatable bonds is 4. The van der Waals surface area contributed by atoms with Crippen LogP contribution >= 0.6 is 11.6 Å². The number of ketones is 1. The molecule has 5 atom stereocenters. The van der Waals surface area contributed by atoms with Gasteiger partial charge in [-0.1, -0.05) is 11.6 Å². The van der Waals surface area contributed by atoms with Gasteiger partial charge in [-0.25, -0.2) is 8.91 Å². The Hall–Kier alpha value is -2.16. The van der Waals surface area contributed by atoms with Crippen molar-refractivity contribution in [1.82, 2.24) is 14.5 Å². The maximum Gasteiger partial charge on any atom is 0.433 e. The zero-order chi connectivity index (χ0) is 23.9. The number of likely N-dealkylation sites (tertiary alicyclic amines) is 1. The fraction of sp³-hybridized carbons (Fsp3) is 0.625. The average Bonchev–Trinajstić information content (AvgIpc) is 3.70. The summed E-state index contributed by atoms with van der Waals surface area (Å²) in [5, 5.41) is 3.91. The van der Waals surface area contributed by atoms with Crippen LogP contribution in [0.2, 0.25) is 5.02 Å². The van der Waals surface area contributed by atoms with Crippen molar-refractivity contribution in [3.8, 4) is 0 Å². The minimum Gasteiger partial charge on any atom is -0.337 e. The van der Waals surface area contributed by atoms with Gasteiger partial charge in [-0.2, -0.15) is 18.3 Å². The van der Waals surface area contributed by atoms with Gasteiger partial charge in [0, 0.05) is 18.9 Å². The molecule has 2 aromatic rings. The van der Waals surface area contributed by atoms with Crippen molar-refractivity contribution in [2.75, 3.05) is 6.54 Å². The normalized spacial score (nSPS) is 31.6. The van der Waals surface area contributed by atoms with Crippen LogP contribution in [0.3, 0.4) is 0 Å². The van der Waals surface area contributed by atoms with Crippen molar-refractivity contribution in [2.45, 2.75) is 69.3 Å². The van der Waals surface area contributed by atoms with E-state index in [1.54, 1.807) is 11.0 Å². The lowest BCUT2D eigenvalue weighted by Crippen LogP contribution is -2.44.